The molecule has 1 fully saturated rings. The highest BCUT2D eigenvalue weighted by molar-refractivity contribution is 5.80. The van der Waals surface area contributed by atoms with Gasteiger partial charge < -0.3 is 19.1 Å². The summed E-state index contributed by atoms with van der Waals surface area (Å²) >= 11 is 0. The van der Waals surface area contributed by atoms with Gasteiger partial charge in [0.25, 0.3) is 0 Å². The molecule has 0 radical (unpaired) electrons. The van der Waals surface area contributed by atoms with Crippen molar-refractivity contribution in [1.29, 1.82) is 0 Å². The molecule has 0 aliphatic carbocycles. The lowest BCUT2D eigenvalue weighted by atomic mass is 9.97. The first-order valence-electron chi connectivity index (χ1n) is 9.42. The first-order chi connectivity index (χ1) is 13.5. The highest BCUT2D eigenvalue weighted by Gasteiger charge is 2.31. The van der Waals surface area contributed by atoms with Gasteiger partial charge in [0, 0.05) is 18.7 Å². The number of allylic oxidation sites excluding steroid dienone is 1. The number of nitrogens with zero attached hydrogens (tertiary/aromatic N) is 1. The second kappa shape index (κ2) is 8.93. The monoisotopic (exact) mass is 381 g/mol. The molecule has 2 unspecified atom stereocenters. The van der Waals surface area contributed by atoms with Crippen LogP contribution in [0.25, 0.3) is 5.57 Å². The summed E-state index contributed by atoms with van der Waals surface area (Å²) in [6, 6.07) is 14.8. The number of carbonyl (C=O) groups excluding carboxylic acids is 1. The third-order valence-corrected chi connectivity index (χ3v) is 4.86. The van der Waals surface area contributed by atoms with E-state index in [1.165, 1.54) is 0 Å². The van der Waals surface area contributed by atoms with Crippen LogP contribution in [0.3, 0.4) is 0 Å². The molecule has 5 nitrogen and oxygen atoms in total. The molecule has 0 aromatic heterocycles. The number of esters is 1. The molecule has 0 N–H and O–H groups in total. The van der Waals surface area contributed by atoms with E-state index in [0.717, 1.165) is 42.0 Å². The third kappa shape index (κ3) is 4.73. The van der Waals surface area contributed by atoms with Gasteiger partial charge in [0.2, 0.25) is 6.10 Å². The van der Waals surface area contributed by atoms with Crippen LogP contribution in [-0.2, 0) is 9.53 Å². The Kier molecular flexibility index (Phi) is 6.37. The van der Waals surface area contributed by atoms with E-state index in [1.807, 2.05) is 38.2 Å². The molecule has 1 aliphatic rings. The van der Waals surface area contributed by atoms with Crippen LogP contribution in [0.2, 0.25) is 0 Å². The minimum absolute atomic E-state index is 0.114. The second-order valence-electron chi connectivity index (χ2n) is 7.15. The van der Waals surface area contributed by atoms with E-state index in [1.54, 1.807) is 31.4 Å². The number of benzene rings is 2. The van der Waals surface area contributed by atoms with Gasteiger partial charge >= 0.3 is 5.97 Å². The topological polar surface area (TPSA) is 48.0 Å². The zero-order valence-corrected chi connectivity index (χ0v) is 16.7. The Bertz CT molecular complexity index is 831. The third-order valence-electron chi connectivity index (χ3n) is 4.86. The van der Waals surface area contributed by atoms with Gasteiger partial charge in [-0.3, -0.25) is 0 Å². The number of methoxy groups -OCH3 is 1. The van der Waals surface area contributed by atoms with Gasteiger partial charge in [-0.25, -0.2) is 4.79 Å². The van der Waals surface area contributed by atoms with Crippen molar-refractivity contribution < 1.29 is 19.0 Å². The Hall–Kier alpha value is -2.79. The maximum Gasteiger partial charge on any atom is 0.352 e. The molecule has 3 rings (SSSR count). The van der Waals surface area contributed by atoms with Crippen LogP contribution in [0.15, 0.2) is 55.1 Å². The number of rotatable bonds is 7. The number of hydrogen-bond acceptors (Lipinski definition) is 5. The molecule has 0 saturated carbocycles. The highest BCUT2D eigenvalue weighted by Crippen LogP contribution is 2.30. The Balaban J connectivity index is 1.89. The van der Waals surface area contributed by atoms with Gasteiger partial charge in [-0.15, -0.1) is 0 Å². The van der Waals surface area contributed by atoms with Crippen molar-refractivity contribution in [3.8, 4) is 11.5 Å². The number of likely N-dealkylation sites (N-methyl/N-ethyl adjacent to an activating group) is 1. The lowest BCUT2D eigenvalue weighted by Crippen LogP contribution is -2.28. The van der Waals surface area contributed by atoms with E-state index in [9.17, 15) is 4.79 Å². The molecule has 2 atom stereocenters. The fraction of sp³-hybridized carbons (Fsp3) is 0.348. The van der Waals surface area contributed by atoms with Crippen molar-refractivity contribution in [1.82, 2.24) is 4.90 Å². The Morgan fingerprint density at radius 1 is 1.14 bits per heavy atom. The highest BCUT2D eigenvalue weighted by atomic mass is 16.6. The van der Waals surface area contributed by atoms with Crippen molar-refractivity contribution in [3.05, 3.63) is 66.2 Å². The average molecular weight is 381 g/mol. The Morgan fingerprint density at radius 2 is 1.82 bits per heavy atom. The zero-order chi connectivity index (χ0) is 20.1. The van der Waals surface area contributed by atoms with E-state index in [0.29, 0.717) is 5.75 Å². The zero-order valence-electron chi connectivity index (χ0n) is 16.7. The number of hydrogen-bond donors (Lipinski definition) is 0. The molecule has 0 spiro atoms. The first kappa shape index (κ1) is 20.0. The molecule has 148 valence electrons. The van der Waals surface area contributed by atoms with Crippen molar-refractivity contribution in [3.63, 3.8) is 0 Å². The number of likely N-dealkylation sites (tertiary alicyclic amines) is 1. The van der Waals surface area contributed by atoms with E-state index in [4.69, 9.17) is 14.2 Å². The summed E-state index contributed by atoms with van der Waals surface area (Å²) < 4.78 is 17.1. The summed E-state index contributed by atoms with van der Waals surface area (Å²) in [6.45, 7) is 7.62. The van der Waals surface area contributed by atoms with Crippen molar-refractivity contribution in [2.24, 2.45) is 0 Å². The van der Waals surface area contributed by atoms with Crippen molar-refractivity contribution in [2.75, 3.05) is 27.2 Å². The van der Waals surface area contributed by atoms with Gasteiger partial charge in [0.05, 0.1) is 7.11 Å². The number of ether oxygens (including phenoxy) is 3. The normalized spacial score (nSPS) is 17.8. The van der Waals surface area contributed by atoms with Crippen LogP contribution in [0, 0.1) is 0 Å². The Labute approximate surface area is 166 Å². The van der Waals surface area contributed by atoms with Gasteiger partial charge in [-0.1, -0.05) is 36.4 Å². The van der Waals surface area contributed by atoms with Crippen molar-refractivity contribution in [2.45, 2.75) is 25.6 Å². The fourth-order valence-corrected chi connectivity index (χ4v) is 3.36. The minimum Gasteiger partial charge on any atom is -0.497 e. The summed E-state index contributed by atoms with van der Waals surface area (Å²) in [5, 5.41) is 0. The standard InChI is InChI=1S/C23H27NO4/c1-16(2)20-7-5-6-8-21(20)22(23(25)28-19-13-14-24(3)15-19)27-18-11-9-17(26-4)10-12-18/h5-12,19,22H,1,13-15H2,2-4H3. The molecule has 2 aromatic rings. The average Bonchev–Trinajstić information content (AvgIpc) is 3.11. The SMILES string of the molecule is C=C(C)c1ccccc1C(Oc1ccc(OC)cc1)C(=O)OC1CCN(C)C1. The van der Waals surface area contributed by atoms with Gasteiger partial charge in [-0.05, 0) is 50.2 Å². The summed E-state index contributed by atoms with van der Waals surface area (Å²) in [5.74, 6) is 0.912. The van der Waals surface area contributed by atoms with Crippen LogP contribution < -0.4 is 9.47 Å². The lowest BCUT2D eigenvalue weighted by molar-refractivity contribution is -0.157. The molecule has 1 aliphatic heterocycles. The fourth-order valence-electron chi connectivity index (χ4n) is 3.36. The first-order valence-corrected chi connectivity index (χ1v) is 9.42. The molecule has 2 aromatic carbocycles. The molecule has 1 saturated heterocycles. The molecule has 1 heterocycles. The van der Waals surface area contributed by atoms with Crippen LogP contribution >= 0.6 is 0 Å². The van der Waals surface area contributed by atoms with Gasteiger partial charge in [0.1, 0.15) is 17.6 Å². The molecule has 5 heteroatoms. The molecule has 28 heavy (non-hydrogen) atoms. The van der Waals surface area contributed by atoms with Crippen LogP contribution in [0.4, 0.5) is 0 Å². The van der Waals surface area contributed by atoms with Crippen LogP contribution in [-0.4, -0.2) is 44.2 Å². The predicted octanol–water partition coefficient (Wildman–Crippen LogP) is 4.10. The largest absolute Gasteiger partial charge is 0.497 e. The van der Waals surface area contributed by atoms with Gasteiger partial charge in [-0.2, -0.15) is 0 Å². The molecular weight excluding hydrogens is 354 g/mol. The molecule has 0 amide bonds. The van der Waals surface area contributed by atoms with E-state index in [2.05, 4.69) is 11.5 Å². The quantitative estimate of drug-likeness (QED) is 0.676. The van der Waals surface area contributed by atoms with Gasteiger partial charge in [0.15, 0.2) is 0 Å². The lowest BCUT2D eigenvalue weighted by Gasteiger charge is -2.23. The predicted molar refractivity (Wildman–Crippen MR) is 110 cm³/mol. The van der Waals surface area contributed by atoms with E-state index >= 15 is 0 Å². The summed E-state index contributed by atoms with van der Waals surface area (Å²) in [4.78, 5) is 15.2. The summed E-state index contributed by atoms with van der Waals surface area (Å²) in [7, 11) is 3.63. The Morgan fingerprint density at radius 3 is 2.43 bits per heavy atom. The summed E-state index contributed by atoms with van der Waals surface area (Å²) in [5.41, 5.74) is 2.51. The maximum absolute atomic E-state index is 13.1. The smallest absolute Gasteiger partial charge is 0.352 e. The number of carbonyl (C=O) groups is 1. The minimum atomic E-state index is -0.868. The van der Waals surface area contributed by atoms with E-state index in [-0.39, 0.29) is 12.1 Å². The molecule has 0 bridgehead atoms. The van der Waals surface area contributed by atoms with Crippen LogP contribution in [0.1, 0.15) is 30.6 Å². The van der Waals surface area contributed by atoms with Crippen LogP contribution in [0.5, 0.6) is 11.5 Å². The maximum atomic E-state index is 13.1. The second-order valence-corrected chi connectivity index (χ2v) is 7.15. The summed E-state index contributed by atoms with van der Waals surface area (Å²) in [6.07, 6.45) is -0.150. The van der Waals surface area contributed by atoms with E-state index < -0.39 is 6.10 Å². The van der Waals surface area contributed by atoms with Crippen molar-refractivity contribution >= 4 is 11.5 Å². The molecular formula is C23H27NO4.